The summed E-state index contributed by atoms with van der Waals surface area (Å²) in [6.07, 6.45) is -0.932. The van der Waals surface area contributed by atoms with Gasteiger partial charge in [-0.2, -0.15) is 0 Å². The predicted octanol–water partition coefficient (Wildman–Crippen LogP) is 2.87. The van der Waals surface area contributed by atoms with Gasteiger partial charge in [0.05, 0.1) is 0 Å². The van der Waals surface area contributed by atoms with Crippen molar-refractivity contribution in [2.45, 2.75) is 13.0 Å². The molecular formula is C20H23N3O4. The molecule has 27 heavy (non-hydrogen) atoms. The Morgan fingerprint density at radius 3 is 2.41 bits per heavy atom. The molecule has 0 bridgehead atoms. The van der Waals surface area contributed by atoms with Gasteiger partial charge >= 0.3 is 0 Å². The highest BCUT2D eigenvalue weighted by Gasteiger charge is 2.19. The molecule has 1 unspecified atom stereocenters. The van der Waals surface area contributed by atoms with Crippen molar-refractivity contribution in [1.29, 1.82) is 0 Å². The Labute approximate surface area is 158 Å². The zero-order valence-electron chi connectivity index (χ0n) is 15.2. The van der Waals surface area contributed by atoms with Gasteiger partial charge in [-0.3, -0.25) is 4.79 Å². The third kappa shape index (κ3) is 4.62. The van der Waals surface area contributed by atoms with E-state index in [9.17, 15) is 14.8 Å². The molecule has 0 saturated carbocycles. The average molecular weight is 369 g/mol. The lowest BCUT2D eigenvalue weighted by atomic mass is 10.1. The molecule has 3 rings (SSSR count). The maximum absolute atomic E-state index is 11.4. The second-order valence-electron chi connectivity index (χ2n) is 6.46. The Morgan fingerprint density at radius 1 is 1.11 bits per heavy atom. The van der Waals surface area contributed by atoms with Crippen LogP contribution in [-0.4, -0.2) is 48.7 Å². The van der Waals surface area contributed by atoms with E-state index in [-0.39, 0.29) is 18.2 Å². The second-order valence-corrected chi connectivity index (χ2v) is 6.46. The van der Waals surface area contributed by atoms with E-state index >= 15 is 0 Å². The molecule has 0 aliphatic carbocycles. The van der Waals surface area contributed by atoms with E-state index in [1.165, 1.54) is 0 Å². The number of piperazine rings is 1. The van der Waals surface area contributed by atoms with Crippen molar-refractivity contribution in [3.05, 3.63) is 59.0 Å². The number of nitrogens with zero attached hydrogens (tertiary/aromatic N) is 3. The number of ether oxygens (including phenoxy) is 1. The molecule has 1 aliphatic heterocycles. The Balaban J connectivity index is 1.55. The SMILES string of the molecule is CC(=O)N1CCN(c2ccc(OCC(O)c3ccccc3N=O)cc2)CC1. The summed E-state index contributed by atoms with van der Waals surface area (Å²) in [7, 11) is 0. The molecule has 1 atom stereocenters. The summed E-state index contributed by atoms with van der Waals surface area (Å²) in [6, 6.07) is 14.3. The van der Waals surface area contributed by atoms with Gasteiger partial charge in [0, 0.05) is 44.4 Å². The zero-order valence-corrected chi connectivity index (χ0v) is 15.2. The lowest BCUT2D eigenvalue weighted by molar-refractivity contribution is -0.129. The Morgan fingerprint density at radius 2 is 1.78 bits per heavy atom. The Hall–Kier alpha value is -2.93. The van der Waals surface area contributed by atoms with Gasteiger partial charge < -0.3 is 19.6 Å². The fourth-order valence-corrected chi connectivity index (χ4v) is 3.15. The van der Waals surface area contributed by atoms with Gasteiger partial charge in [0.25, 0.3) is 0 Å². The van der Waals surface area contributed by atoms with E-state index in [2.05, 4.69) is 10.1 Å². The number of carbonyl (C=O) groups is 1. The van der Waals surface area contributed by atoms with Crippen LogP contribution in [0.25, 0.3) is 0 Å². The lowest BCUT2D eigenvalue weighted by Crippen LogP contribution is -2.48. The van der Waals surface area contributed by atoms with Crippen LogP contribution in [0.5, 0.6) is 5.75 Å². The predicted molar refractivity (Wildman–Crippen MR) is 103 cm³/mol. The number of carbonyl (C=O) groups excluding carboxylic acids is 1. The van der Waals surface area contributed by atoms with Gasteiger partial charge in [-0.25, -0.2) is 0 Å². The lowest BCUT2D eigenvalue weighted by Gasteiger charge is -2.35. The van der Waals surface area contributed by atoms with E-state index in [0.29, 0.717) is 11.3 Å². The fraction of sp³-hybridized carbons (Fsp3) is 0.350. The topological polar surface area (TPSA) is 82.4 Å². The van der Waals surface area contributed by atoms with Crippen molar-refractivity contribution in [1.82, 2.24) is 4.90 Å². The molecule has 1 N–H and O–H groups in total. The monoisotopic (exact) mass is 369 g/mol. The first-order valence-corrected chi connectivity index (χ1v) is 8.92. The van der Waals surface area contributed by atoms with Crippen molar-refractivity contribution in [2.24, 2.45) is 5.18 Å². The van der Waals surface area contributed by atoms with Crippen LogP contribution >= 0.6 is 0 Å². The largest absolute Gasteiger partial charge is 0.491 e. The highest BCUT2D eigenvalue weighted by atomic mass is 16.5. The molecule has 0 radical (unpaired) electrons. The highest BCUT2D eigenvalue weighted by molar-refractivity contribution is 5.73. The van der Waals surface area contributed by atoms with Crippen molar-refractivity contribution >= 4 is 17.3 Å². The zero-order chi connectivity index (χ0) is 19.2. The molecule has 1 heterocycles. The number of aliphatic hydroxyl groups excluding tert-OH is 1. The number of rotatable bonds is 6. The summed E-state index contributed by atoms with van der Waals surface area (Å²) in [5.41, 5.74) is 1.74. The van der Waals surface area contributed by atoms with Crippen molar-refractivity contribution in [3.8, 4) is 5.75 Å². The molecule has 1 amide bonds. The molecule has 0 aromatic heterocycles. The summed E-state index contributed by atoms with van der Waals surface area (Å²) in [4.78, 5) is 26.3. The summed E-state index contributed by atoms with van der Waals surface area (Å²) in [5, 5.41) is 13.2. The maximum Gasteiger partial charge on any atom is 0.219 e. The summed E-state index contributed by atoms with van der Waals surface area (Å²) < 4.78 is 5.65. The first-order chi connectivity index (χ1) is 13.1. The fourth-order valence-electron chi connectivity index (χ4n) is 3.15. The summed E-state index contributed by atoms with van der Waals surface area (Å²) in [5.74, 6) is 0.750. The van der Waals surface area contributed by atoms with Gasteiger partial charge in [-0.15, -0.1) is 4.91 Å². The molecule has 7 nitrogen and oxygen atoms in total. The number of aliphatic hydroxyl groups is 1. The molecule has 2 aromatic carbocycles. The standard InChI is InChI=1S/C20H23N3O4/c1-15(24)22-10-12-23(13-11-22)16-6-8-17(9-7-16)27-14-20(25)18-4-2-3-5-19(18)21-26/h2-9,20,25H,10-14H2,1H3. The number of nitroso groups, excluding NO2 is 1. The van der Waals surface area contributed by atoms with Crippen molar-refractivity contribution < 1.29 is 14.6 Å². The number of anilines is 1. The molecule has 0 spiro atoms. The first-order valence-electron chi connectivity index (χ1n) is 8.92. The Kier molecular flexibility index (Phi) is 6.03. The minimum atomic E-state index is -0.932. The molecule has 1 saturated heterocycles. The van der Waals surface area contributed by atoms with Crippen LogP contribution in [-0.2, 0) is 4.79 Å². The molecule has 7 heteroatoms. The van der Waals surface area contributed by atoms with Gasteiger partial charge in [0.1, 0.15) is 24.1 Å². The third-order valence-corrected chi connectivity index (χ3v) is 4.73. The third-order valence-electron chi connectivity index (χ3n) is 4.73. The second kappa shape index (κ2) is 8.64. The van der Waals surface area contributed by atoms with E-state index < -0.39 is 6.10 Å². The van der Waals surface area contributed by atoms with E-state index in [1.54, 1.807) is 31.2 Å². The van der Waals surface area contributed by atoms with E-state index in [1.807, 2.05) is 29.2 Å². The van der Waals surface area contributed by atoms with Gasteiger partial charge in [-0.05, 0) is 35.5 Å². The van der Waals surface area contributed by atoms with E-state index in [0.717, 1.165) is 31.9 Å². The van der Waals surface area contributed by atoms with Crippen LogP contribution < -0.4 is 9.64 Å². The van der Waals surface area contributed by atoms with Crippen molar-refractivity contribution in [3.63, 3.8) is 0 Å². The minimum Gasteiger partial charge on any atom is -0.491 e. The van der Waals surface area contributed by atoms with Crippen LogP contribution in [0.2, 0.25) is 0 Å². The number of amides is 1. The van der Waals surface area contributed by atoms with Gasteiger partial charge in [0.15, 0.2) is 0 Å². The van der Waals surface area contributed by atoms with Gasteiger partial charge in [0.2, 0.25) is 5.91 Å². The summed E-state index contributed by atoms with van der Waals surface area (Å²) >= 11 is 0. The van der Waals surface area contributed by atoms with Crippen LogP contribution in [0.15, 0.2) is 53.7 Å². The highest BCUT2D eigenvalue weighted by Crippen LogP contribution is 2.26. The summed E-state index contributed by atoms with van der Waals surface area (Å²) in [6.45, 7) is 4.68. The number of benzene rings is 2. The van der Waals surface area contributed by atoms with Gasteiger partial charge in [-0.1, -0.05) is 18.2 Å². The Bertz CT molecular complexity index is 786. The maximum atomic E-state index is 11.4. The molecule has 1 aliphatic rings. The quantitative estimate of drug-likeness (QED) is 0.792. The first kappa shape index (κ1) is 18.8. The smallest absolute Gasteiger partial charge is 0.219 e. The van der Waals surface area contributed by atoms with Crippen LogP contribution in [0, 0.1) is 4.91 Å². The molecule has 142 valence electrons. The van der Waals surface area contributed by atoms with Crippen LogP contribution in [0.1, 0.15) is 18.6 Å². The minimum absolute atomic E-state index is 0.0309. The molecule has 2 aromatic rings. The van der Waals surface area contributed by atoms with Crippen LogP contribution in [0.4, 0.5) is 11.4 Å². The molecular weight excluding hydrogens is 346 g/mol. The number of hydrogen-bond donors (Lipinski definition) is 1. The van der Waals surface area contributed by atoms with Crippen LogP contribution in [0.3, 0.4) is 0 Å². The average Bonchev–Trinajstić information content (AvgIpc) is 2.72. The molecule has 1 fully saturated rings. The number of hydrogen-bond acceptors (Lipinski definition) is 6. The van der Waals surface area contributed by atoms with E-state index in [4.69, 9.17) is 4.74 Å². The normalized spacial score (nSPS) is 15.3. The van der Waals surface area contributed by atoms with Crippen molar-refractivity contribution in [2.75, 3.05) is 37.7 Å².